The molecule has 0 bridgehead atoms. The van der Waals surface area contributed by atoms with E-state index in [9.17, 15) is 22.2 Å². The summed E-state index contributed by atoms with van der Waals surface area (Å²) in [5, 5.41) is 3.16. The lowest BCUT2D eigenvalue weighted by Gasteiger charge is -2.11. The highest BCUT2D eigenvalue weighted by molar-refractivity contribution is 7.85. The van der Waals surface area contributed by atoms with E-state index in [1.807, 2.05) is 0 Å². The van der Waals surface area contributed by atoms with Gasteiger partial charge in [0.15, 0.2) is 0 Å². The van der Waals surface area contributed by atoms with Crippen molar-refractivity contribution in [2.75, 3.05) is 11.5 Å². The van der Waals surface area contributed by atoms with Crippen LogP contribution in [0.4, 0.5) is 13.2 Å². The zero-order chi connectivity index (χ0) is 16.8. The number of alkyl halides is 3. The molecule has 0 saturated carbocycles. The maximum absolute atomic E-state index is 12.8. The van der Waals surface area contributed by atoms with Crippen molar-refractivity contribution in [3.63, 3.8) is 0 Å². The van der Waals surface area contributed by atoms with Gasteiger partial charge >= 0.3 is 6.18 Å². The van der Waals surface area contributed by atoms with Gasteiger partial charge < -0.3 is 9.88 Å². The van der Waals surface area contributed by atoms with E-state index >= 15 is 0 Å². The Morgan fingerprint density at radius 1 is 1.35 bits per heavy atom. The minimum atomic E-state index is -4.42. The number of nitrogens with zero attached hydrogens (tertiary/aromatic N) is 1. The predicted molar refractivity (Wildman–Crippen MR) is 81.7 cm³/mol. The number of fused-ring (bicyclic) bond motifs is 1. The molecule has 0 unspecified atom stereocenters. The second-order valence-corrected chi connectivity index (χ2v) is 7.25. The fraction of sp³-hybridized carbons (Fsp3) is 0.400. The third kappa shape index (κ3) is 3.12. The monoisotopic (exact) mass is 344 g/mol. The number of carbonyl (C=O) groups is 1. The van der Waals surface area contributed by atoms with Gasteiger partial charge in [0.2, 0.25) is 0 Å². The molecule has 1 aliphatic rings. The molecule has 2 heterocycles. The van der Waals surface area contributed by atoms with Crippen LogP contribution in [-0.2, 0) is 24.0 Å². The van der Waals surface area contributed by atoms with Crippen LogP contribution in [0.5, 0.6) is 0 Å². The minimum absolute atomic E-state index is 0.146. The number of hydrogen-bond donors (Lipinski definition) is 1. The van der Waals surface area contributed by atoms with Gasteiger partial charge in [-0.3, -0.25) is 9.00 Å². The third-order valence-corrected chi connectivity index (χ3v) is 5.48. The molecule has 0 radical (unpaired) electrons. The smallest absolute Gasteiger partial charge is 0.347 e. The van der Waals surface area contributed by atoms with E-state index in [0.29, 0.717) is 28.8 Å². The van der Waals surface area contributed by atoms with Crippen LogP contribution in [0, 0.1) is 0 Å². The zero-order valence-corrected chi connectivity index (χ0v) is 13.1. The van der Waals surface area contributed by atoms with Gasteiger partial charge in [0, 0.05) is 46.3 Å². The van der Waals surface area contributed by atoms with E-state index in [2.05, 4.69) is 5.32 Å². The van der Waals surface area contributed by atoms with E-state index in [1.165, 1.54) is 12.1 Å². The van der Waals surface area contributed by atoms with Crippen molar-refractivity contribution in [3.8, 4) is 0 Å². The van der Waals surface area contributed by atoms with E-state index < -0.39 is 22.5 Å². The molecule has 8 heteroatoms. The molecule has 2 atom stereocenters. The van der Waals surface area contributed by atoms with E-state index in [4.69, 9.17) is 0 Å². The topological polar surface area (TPSA) is 51.1 Å². The van der Waals surface area contributed by atoms with Gasteiger partial charge in [0.05, 0.1) is 5.56 Å². The molecule has 0 spiro atoms. The van der Waals surface area contributed by atoms with Crippen LogP contribution in [0.3, 0.4) is 0 Å². The van der Waals surface area contributed by atoms with Gasteiger partial charge in [0.1, 0.15) is 5.69 Å². The van der Waals surface area contributed by atoms with Gasteiger partial charge in [-0.05, 0) is 30.7 Å². The summed E-state index contributed by atoms with van der Waals surface area (Å²) in [7, 11) is 0.731. The molecule has 1 N–H and O–H groups in total. The SMILES string of the molecule is Cn1c(C(=O)N[C@@H]2CC[S@](=O)C2)cc2cc(C(F)(F)F)ccc21. The van der Waals surface area contributed by atoms with Gasteiger partial charge in [-0.1, -0.05) is 0 Å². The summed E-state index contributed by atoms with van der Waals surface area (Å²) in [6, 6.07) is 4.71. The number of hydrogen-bond acceptors (Lipinski definition) is 2. The molecule has 4 nitrogen and oxygen atoms in total. The summed E-state index contributed by atoms with van der Waals surface area (Å²) in [5.74, 6) is 0.629. The predicted octanol–water partition coefficient (Wildman–Crippen LogP) is 2.45. The average molecular weight is 344 g/mol. The summed E-state index contributed by atoms with van der Waals surface area (Å²) in [6.07, 6.45) is -3.76. The van der Waals surface area contributed by atoms with Crippen molar-refractivity contribution >= 4 is 27.6 Å². The summed E-state index contributed by atoms with van der Waals surface area (Å²) in [5.41, 5.74) is 0.101. The molecule has 2 aromatic rings. The van der Waals surface area contributed by atoms with Crippen molar-refractivity contribution in [3.05, 3.63) is 35.5 Å². The number of rotatable bonds is 2. The Hall–Kier alpha value is -1.83. The minimum Gasteiger partial charge on any atom is -0.347 e. The second kappa shape index (κ2) is 5.67. The number of nitrogens with one attached hydrogen (secondary N) is 1. The van der Waals surface area contributed by atoms with Crippen LogP contribution >= 0.6 is 0 Å². The normalized spacial score (nSPS) is 21.7. The first kappa shape index (κ1) is 16.0. The number of benzene rings is 1. The Morgan fingerprint density at radius 3 is 2.70 bits per heavy atom. The third-order valence-electron chi connectivity index (χ3n) is 4.02. The number of halogens is 3. The zero-order valence-electron chi connectivity index (χ0n) is 12.3. The standard InChI is InChI=1S/C15H15F3N2O2S/c1-20-12-3-2-10(15(16,17)18)6-9(12)7-13(20)14(21)19-11-4-5-23(22)8-11/h2-3,6-7,11H,4-5,8H2,1H3,(H,19,21)/t11-,23+/m1/s1. The summed E-state index contributed by atoms with van der Waals surface area (Å²) in [6.45, 7) is 0. The Labute approximate surface area is 133 Å². The molecule has 1 aromatic heterocycles. The Bertz CT molecular complexity index is 798. The van der Waals surface area contributed by atoms with Gasteiger partial charge in [-0.25, -0.2) is 0 Å². The lowest BCUT2D eigenvalue weighted by atomic mass is 10.1. The first-order valence-electron chi connectivity index (χ1n) is 7.08. The van der Waals surface area contributed by atoms with Crippen molar-refractivity contribution in [2.24, 2.45) is 7.05 Å². The molecular weight excluding hydrogens is 329 g/mol. The molecular formula is C15H15F3N2O2S. The van der Waals surface area contributed by atoms with Crippen molar-refractivity contribution in [2.45, 2.75) is 18.6 Å². The molecule has 1 aliphatic heterocycles. The fourth-order valence-corrected chi connectivity index (χ4v) is 4.19. The lowest BCUT2D eigenvalue weighted by Crippen LogP contribution is -2.36. The highest BCUT2D eigenvalue weighted by atomic mass is 32.2. The number of aromatic nitrogens is 1. The molecule has 3 rings (SSSR count). The van der Waals surface area contributed by atoms with Gasteiger partial charge in [-0.15, -0.1) is 0 Å². The molecule has 1 amide bonds. The summed E-state index contributed by atoms with van der Waals surface area (Å²) >= 11 is 0. The first-order valence-corrected chi connectivity index (χ1v) is 8.57. The Morgan fingerprint density at radius 2 is 2.09 bits per heavy atom. The molecule has 1 aromatic carbocycles. The number of carbonyl (C=O) groups excluding carboxylic acids is 1. The van der Waals surface area contributed by atoms with Gasteiger partial charge in [-0.2, -0.15) is 13.2 Å². The summed E-state index contributed by atoms with van der Waals surface area (Å²) < 4.78 is 51.2. The molecule has 1 saturated heterocycles. The van der Waals surface area contributed by atoms with Crippen molar-refractivity contribution in [1.82, 2.24) is 9.88 Å². The summed E-state index contributed by atoms with van der Waals surface area (Å²) in [4.78, 5) is 12.3. The lowest BCUT2D eigenvalue weighted by molar-refractivity contribution is -0.137. The van der Waals surface area contributed by atoms with Crippen LogP contribution in [0.15, 0.2) is 24.3 Å². The number of aryl methyl sites for hydroxylation is 1. The van der Waals surface area contributed by atoms with Crippen LogP contribution in [-0.4, -0.2) is 32.2 Å². The Kier molecular flexibility index (Phi) is 3.95. The first-order chi connectivity index (χ1) is 10.8. The highest BCUT2D eigenvalue weighted by Crippen LogP contribution is 2.32. The fourth-order valence-electron chi connectivity index (χ4n) is 2.78. The van der Waals surface area contributed by atoms with Gasteiger partial charge in [0.25, 0.3) is 5.91 Å². The average Bonchev–Trinajstić information content (AvgIpc) is 3.01. The van der Waals surface area contributed by atoms with E-state index in [-0.39, 0.29) is 17.6 Å². The Balaban J connectivity index is 1.90. The quantitative estimate of drug-likeness (QED) is 0.910. The van der Waals surface area contributed by atoms with Crippen LogP contribution in [0.25, 0.3) is 10.9 Å². The second-order valence-electron chi connectivity index (χ2n) is 5.63. The molecule has 1 fully saturated rings. The maximum Gasteiger partial charge on any atom is 0.416 e. The van der Waals surface area contributed by atoms with Crippen LogP contribution < -0.4 is 5.32 Å². The van der Waals surface area contributed by atoms with Crippen LogP contribution in [0.1, 0.15) is 22.5 Å². The molecule has 23 heavy (non-hydrogen) atoms. The van der Waals surface area contributed by atoms with Crippen molar-refractivity contribution in [1.29, 1.82) is 0 Å². The van der Waals surface area contributed by atoms with Crippen LogP contribution in [0.2, 0.25) is 0 Å². The largest absolute Gasteiger partial charge is 0.416 e. The number of amides is 1. The molecule has 0 aliphatic carbocycles. The highest BCUT2D eigenvalue weighted by Gasteiger charge is 2.31. The van der Waals surface area contributed by atoms with Crippen molar-refractivity contribution < 1.29 is 22.2 Å². The maximum atomic E-state index is 12.8. The van der Waals surface area contributed by atoms with E-state index in [1.54, 1.807) is 11.6 Å². The van der Waals surface area contributed by atoms with E-state index in [0.717, 1.165) is 12.1 Å². The molecule has 124 valence electrons.